The van der Waals surface area contributed by atoms with Gasteiger partial charge in [-0.05, 0) is 61.0 Å². The summed E-state index contributed by atoms with van der Waals surface area (Å²) < 4.78 is 18.3. The zero-order valence-electron chi connectivity index (χ0n) is 12.4. The zero-order chi connectivity index (χ0) is 15.8. The van der Waals surface area contributed by atoms with E-state index in [0.29, 0.717) is 10.8 Å². The number of thiocarbonyl (C=S) groups is 1. The monoisotopic (exact) mass is 318 g/mol. The lowest BCUT2D eigenvalue weighted by molar-refractivity contribution is 0.414. The molecule has 3 nitrogen and oxygen atoms in total. The van der Waals surface area contributed by atoms with Gasteiger partial charge in [-0.3, -0.25) is 0 Å². The largest absolute Gasteiger partial charge is 0.497 e. The van der Waals surface area contributed by atoms with Gasteiger partial charge in [-0.1, -0.05) is 18.2 Å². The second-order valence-electron chi connectivity index (χ2n) is 4.85. The Hall–Kier alpha value is -2.14. The zero-order valence-corrected chi connectivity index (χ0v) is 13.3. The van der Waals surface area contributed by atoms with Gasteiger partial charge >= 0.3 is 0 Å². The van der Waals surface area contributed by atoms with Crippen LogP contribution in [0.5, 0.6) is 5.75 Å². The minimum Gasteiger partial charge on any atom is -0.497 e. The highest BCUT2D eigenvalue weighted by Gasteiger charge is 2.00. The van der Waals surface area contributed by atoms with Crippen LogP contribution in [0.15, 0.2) is 48.5 Å². The molecule has 0 aliphatic heterocycles. The van der Waals surface area contributed by atoms with Crippen LogP contribution in [-0.2, 0) is 6.42 Å². The predicted molar refractivity (Wildman–Crippen MR) is 91.9 cm³/mol. The Labute approximate surface area is 135 Å². The molecule has 2 rings (SSSR count). The number of rotatable bonds is 6. The summed E-state index contributed by atoms with van der Waals surface area (Å²) in [5.74, 6) is 0.583. The lowest BCUT2D eigenvalue weighted by Gasteiger charge is -2.10. The van der Waals surface area contributed by atoms with Crippen molar-refractivity contribution in [3.63, 3.8) is 0 Å². The Balaban J connectivity index is 1.70. The van der Waals surface area contributed by atoms with E-state index in [1.807, 2.05) is 18.2 Å². The van der Waals surface area contributed by atoms with Crippen LogP contribution in [0.4, 0.5) is 10.1 Å². The van der Waals surface area contributed by atoms with Crippen LogP contribution >= 0.6 is 12.2 Å². The first-order chi connectivity index (χ1) is 10.7. The molecule has 2 N–H and O–H groups in total. The van der Waals surface area contributed by atoms with E-state index >= 15 is 0 Å². The Bertz CT molecular complexity index is 634. The summed E-state index contributed by atoms with van der Waals surface area (Å²) in [6, 6.07) is 14.2. The van der Waals surface area contributed by atoms with E-state index in [9.17, 15) is 4.39 Å². The summed E-state index contributed by atoms with van der Waals surface area (Å²) >= 11 is 5.18. The molecule has 0 heterocycles. The number of benzene rings is 2. The van der Waals surface area contributed by atoms with Crippen molar-refractivity contribution in [2.24, 2.45) is 0 Å². The number of methoxy groups -OCH3 is 1. The van der Waals surface area contributed by atoms with Gasteiger partial charge in [0.15, 0.2) is 5.11 Å². The molecular weight excluding hydrogens is 299 g/mol. The van der Waals surface area contributed by atoms with Crippen molar-refractivity contribution < 1.29 is 9.13 Å². The summed E-state index contributed by atoms with van der Waals surface area (Å²) in [5.41, 5.74) is 1.87. The Morgan fingerprint density at radius 2 is 2.00 bits per heavy atom. The van der Waals surface area contributed by atoms with Crippen LogP contribution in [0.25, 0.3) is 0 Å². The molecule has 0 aromatic heterocycles. The molecule has 0 bridgehead atoms. The summed E-state index contributed by atoms with van der Waals surface area (Å²) in [6.07, 6.45) is 1.88. The van der Waals surface area contributed by atoms with Gasteiger partial charge < -0.3 is 15.4 Å². The van der Waals surface area contributed by atoms with E-state index < -0.39 is 0 Å². The number of nitrogens with one attached hydrogen (secondary N) is 2. The van der Waals surface area contributed by atoms with Crippen molar-refractivity contribution in [2.75, 3.05) is 19.0 Å². The van der Waals surface area contributed by atoms with Gasteiger partial charge in [0.05, 0.1) is 7.11 Å². The van der Waals surface area contributed by atoms with Gasteiger partial charge in [0.25, 0.3) is 0 Å². The average Bonchev–Trinajstić information content (AvgIpc) is 2.52. The quantitative estimate of drug-likeness (QED) is 0.628. The van der Waals surface area contributed by atoms with Crippen LogP contribution in [0.1, 0.15) is 12.0 Å². The van der Waals surface area contributed by atoms with Gasteiger partial charge in [0, 0.05) is 12.2 Å². The van der Waals surface area contributed by atoms with Gasteiger partial charge in [-0.15, -0.1) is 0 Å². The third kappa shape index (κ3) is 5.33. The van der Waals surface area contributed by atoms with Gasteiger partial charge in [-0.2, -0.15) is 0 Å². The van der Waals surface area contributed by atoms with Crippen LogP contribution in [0.2, 0.25) is 0 Å². The van der Waals surface area contributed by atoms with E-state index in [1.54, 1.807) is 19.2 Å². The Morgan fingerprint density at radius 3 is 2.77 bits per heavy atom. The molecule has 0 aliphatic carbocycles. The summed E-state index contributed by atoms with van der Waals surface area (Å²) in [6.45, 7) is 0.748. The van der Waals surface area contributed by atoms with Crippen molar-refractivity contribution in [1.82, 2.24) is 5.32 Å². The molecule has 116 valence electrons. The lowest BCUT2D eigenvalue weighted by atomic mass is 10.1. The SMILES string of the molecule is COc1cccc(CCCNC(=S)Nc2cccc(F)c2)c1. The first-order valence-corrected chi connectivity index (χ1v) is 7.51. The summed E-state index contributed by atoms with van der Waals surface area (Å²) in [4.78, 5) is 0. The molecule has 2 aromatic rings. The fourth-order valence-corrected chi connectivity index (χ4v) is 2.28. The first-order valence-electron chi connectivity index (χ1n) is 7.11. The molecule has 0 fully saturated rings. The van der Waals surface area contributed by atoms with Crippen LogP contribution < -0.4 is 15.4 Å². The number of aryl methyl sites for hydroxylation is 1. The van der Waals surface area contributed by atoms with E-state index in [4.69, 9.17) is 17.0 Å². The summed E-state index contributed by atoms with van der Waals surface area (Å²) in [5, 5.41) is 6.57. The van der Waals surface area contributed by atoms with Crippen molar-refractivity contribution in [3.05, 3.63) is 59.9 Å². The maximum Gasteiger partial charge on any atom is 0.170 e. The highest BCUT2D eigenvalue weighted by atomic mass is 32.1. The van der Waals surface area contributed by atoms with E-state index in [0.717, 1.165) is 25.1 Å². The molecule has 0 unspecified atom stereocenters. The highest BCUT2D eigenvalue weighted by Crippen LogP contribution is 2.13. The number of anilines is 1. The average molecular weight is 318 g/mol. The summed E-state index contributed by atoms with van der Waals surface area (Å²) in [7, 11) is 1.66. The molecule has 0 saturated heterocycles. The highest BCUT2D eigenvalue weighted by molar-refractivity contribution is 7.80. The number of ether oxygens (including phenoxy) is 1. The number of hydrogen-bond acceptors (Lipinski definition) is 2. The van der Waals surface area contributed by atoms with Crippen LogP contribution in [0, 0.1) is 5.82 Å². The molecule has 0 atom stereocenters. The number of halogens is 1. The fraction of sp³-hybridized carbons (Fsp3) is 0.235. The van der Waals surface area contributed by atoms with Crippen molar-refractivity contribution in [2.45, 2.75) is 12.8 Å². The molecule has 0 radical (unpaired) electrons. The van der Waals surface area contributed by atoms with Gasteiger partial charge in [0.1, 0.15) is 11.6 Å². The van der Waals surface area contributed by atoms with E-state index in [-0.39, 0.29) is 5.82 Å². The van der Waals surface area contributed by atoms with Crippen molar-refractivity contribution in [3.8, 4) is 5.75 Å². The second kappa shape index (κ2) is 8.34. The topological polar surface area (TPSA) is 33.3 Å². The third-order valence-corrected chi connectivity index (χ3v) is 3.39. The first kappa shape index (κ1) is 16.2. The molecule has 0 spiro atoms. The smallest absolute Gasteiger partial charge is 0.170 e. The third-order valence-electron chi connectivity index (χ3n) is 3.14. The Kier molecular flexibility index (Phi) is 6.15. The van der Waals surface area contributed by atoms with Crippen molar-refractivity contribution in [1.29, 1.82) is 0 Å². The molecule has 0 amide bonds. The second-order valence-corrected chi connectivity index (χ2v) is 5.25. The minimum absolute atomic E-state index is 0.286. The molecule has 0 aliphatic rings. The normalized spacial score (nSPS) is 10.1. The standard InChI is InChI=1S/C17H19FN2OS/c1-21-16-9-2-5-13(11-16)6-4-10-19-17(22)20-15-8-3-7-14(18)12-15/h2-3,5,7-9,11-12H,4,6,10H2,1H3,(H2,19,20,22). The van der Waals surface area contributed by atoms with E-state index in [1.165, 1.54) is 17.7 Å². The molecule has 2 aromatic carbocycles. The molecular formula is C17H19FN2OS. The predicted octanol–water partition coefficient (Wildman–Crippen LogP) is 3.75. The van der Waals surface area contributed by atoms with Crippen molar-refractivity contribution >= 4 is 23.0 Å². The van der Waals surface area contributed by atoms with E-state index in [2.05, 4.69) is 16.7 Å². The fourth-order valence-electron chi connectivity index (χ4n) is 2.06. The lowest BCUT2D eigenvalue weighted by Crippen LogP contribution is -2.29. The minimum atomic E-state index is -0.286. The van der Waals surface area contributed by atoms with Crippen LogP contribution in [0.3, 0.4) is 0 Å². The molecule has 22 heavy (non-hydrogen) atoms. The van der Waals surface area contributed by atoms with Gasteiger partial charge in [-0.25, -0.2) is 4.39 Å². The van der Waals surface area contributed by atoms with Gasteiger partial charge in [0.2, 0.25) is 0 Å². The molecule has 0 saturated carbocycles. The maximum atomic E-state index is 13.1. The molecule has 5 heteroatoms. The van der Waals surface area contributed by atoms with Crippen LogP contribution in [-0.4, -0.2) is 18.8 Å². The number of hydrogen-bond donors (Lipinski definition) is 2. The maximum absolute atomic E-state index is 13.1. The Morgan fingerprint density at radius 1 is 1.18 bits per heavy atom.